The molecule has 0 aromatic heterocycles. The van der Waals surface area contributed by atoms with Crippen LogP contribution < -0.4 is 11.1 Å². The molecule has 1 aromatic rings. The monoisotopic (exact) mass is 315 g/mol. The fraction of sp³-hybridized carbons (Fsp3) is 0.538. The molecule has 0 atom stereocenters. The first-order valence-corrected chi connectivity index (χ1v) is 9.08. The lowest BCUT2D eigenvalue weighted by atomic mass is 10.2. The number of benzene rings is 1. The van der Waals surface area contributed by atoms with Crippen LogP contribution in [0.15, 0.2) is 23.1 Å². The van der Waals surface area contributed by atoms with Gasteiger partial charge in [-0.3, -0.25) is 0 Å². The molecule has 0 amide bonds. The largest absolute Gasteiger partial charge is 0.397 e. The van der Waals surface area contributed by atoms with Crippen molar-refractivity contribution in [1.29, 1.82) is 0 Å². The number of thioether (sulfide) groups is 1. The molecule has 1 fully saturated rings. The van der Waals surface area contributed by atoms with E-state index >= 15 is 0 Å². The Morgan fingerprint density at radius 1 is 1.40 bits per heavy atom. The van der Waals surface area contributed by atoms with Crippen LogP contribution in [0.2, 0.25) is 0 Å². The van der Waals surface area contributed by atoms with Gasteiger partial charge in [-0.2, -0.15) is 11.8 Å². The van der Waals surface area contributed by atoms with Crippen LogP contribution >= 0.6 is 11.8 Å². The highest BCUT2D eigenvalue weighted by Gasteiger charge is 2.41. The highest BCUT2D eigenvalue weighted by Crippen LogP contribution is 2.47. The van der Waals surface area contributed by atoms with Crippen LogP contribution in [0.3, 0.4) is 0 Å². The summed E-state index contributed by atoms with van der Waals surface area (Å²) in [6.07, 6.45) is 4.48. The number of nitrogen functional groups attached to an aromatic ring is 1. The average Bonchev–Trinajstić information content (AvgIpc) is 3.18. The van der Waals surface area contributed by atoms with Gasteiger partial charge in [-0.25, -0.2) is 12.7 Å². The van der Waals surface area contributed by atoms with Gasteiger partial charge in [0.15, 0.2) is 0 Å². The zero-order chi connectivity index (χ0) is 15.0. The van der Waals surface area contributed by atoms with E-state index in [4.69, 9.17) is 5.73 Å². The first-order chi connectivity index (χ1) is 9.31. The predicted molar refractivity (Wildman–Crippen MR) is 85.7 cm³/mol. The van der Waals surface area contributed by atoms with E-state index in [1.807, 2.05) is 11.8 Å². The fourth-order valence-electron chi connectivity index (χ4n) is 1.91. The Morgan fingerprint density at radius 3 is 2.55 bits per heavy atom. The second-order valence-corrected chi connectivity index (χ2v) is 8.70. The highest BCUT2D eigenvalue weighted by atomic mass is 32.2. The third kappa shape index (κ3) is 3.05. The smallest absolute Gasteiger partial charge is 0.242 e. The summed E-state index contributed by atoms with van der Waals surface area (Å²) in [7, 11) is -0.388. The summed E-state index contributed by atoms with van der Waals surface area (Å²) in [5.74, 6) is 0. The third-order valence-electron chi connectivity index (χ3n) is 3.65. The number of nitrogens with zero attached hydrogens (tertiary/aromatic N) is 1. The van der Waals surface area contributed by atoms with Crippen molar-refractivity contribution in [1.82, 2.24) is 4.31 Å². The number of hydrogen-bond acceptors (Lipinski definition) is 5. The van der Waals surface area contributed by atoms with Crippen LogP contribution in [0.5, 0.6) is 0 Å². The molecule has 0 radical (unpaired) electrons. The molecule has 1 aliphatic rings. The van der Waals surface area contributed by atoms with Crippen molar-refractivity contribution in [3.8, 4) is 0 Å². The zero-order valence-electron chi connectivity index (χ0n) is 12.0. The Bertz CT molecular complexity index is 596. The maximum atomic E-state index is 12.1. The van der Waals surface area contributed by atoms with Gasteiger partial charge in [-0.1, -0.05) is 0 Å². The van der Waals surface area contributed by atoms with E-state index in [1.165, 1.54) is 37.3 Å². The summed E-state index contributed by atoms with van der Waals surface area (Å²) >= 11 is 1.85. The molecule has 20 heavy (non-hydrogen) atoms. The van der Waals surface area contributed by atoms with E-state index in [0.717, 1.165) is 6.54 Å². The lowest BCUT2D eigenvalue weighted by Crippen LogP contribution is -2.23. The topological polar surface area (TPSA) is 75.4 Å². The summed E-state index contributed by atoms with van der Waals surface area (Å²) in [5, 5.41) is 3.29. The number of rotatable bonds is 6. The predicted octanol–water partition coefficient (Wildman–Crippen LogP) is 1.83. The van der Waals surface area contributed by atoms with Gasteiger partial charge in [0.2, 0.25) is 10.0 Å². The lowest BCUT2D eigenvalue weighted by Gasteiger charge is -2.17. The SMILES string of the molecule is CSC1(CNc2cc(S(=O)(=O)N(C)C)ccc2N)CC1. The lowest BCUT2D eigenvalue weighted by molar-refractivity contribution is 0.521. The van der Waals surface area contributed by atoms with Crippen molar-refractivity contribution in [2.75, 3.05) is 37.9 Å². The molecule has 0 spiro atoms. The molecule has 1 saturated carbocycles. The molecule has 0 bridgehead atoms. The second-order valence-electron chi connectivity index (χ2n) is 5.28. The second kappa shape index (κ2) is 5.46. The van der Waals surface area contributed by atoms with Gasteiger partial charge in [-0.15, -0.1) is 0 Å². The summed E-state index contributed by atoms with van der Waals surface area (Å²) in [4.78, 5) is 0.258. The van der Waals surface area contributed by atoms with Crippen LogP contribution in [-0.4, -0.2) is 44.4 Å². The van der Waals surface area contributed by atoms with Gasteiger partial charge in [0.1, 0.15) is 0 Å². The maximum Gasteiger partial charge on any atom is 0.242 e. The fourth-order valence-corrected chi connectivity index (χ4v) is 3.56. The molecular formula is C13H21N3O2S2. The van der Waals surface area contributed by atoms with E-state index in [9.17, 15) is 8.42 Å². The molecular weight excluding hydrogens is 294 g/mol. The van der Waals surface area contributed by atoms with Gasteiger partial charge in [0.05, 0.1) is 16.3 Å². The molecule has 0 heterocycles. The van der Waals surface area contributed by atoms with Crippen molar-refractivity contribution in [3.63, 3.8) is 0 Å². The van der Waals surface area contributed by atoms with Crippen molar-refractivity contribution >= 4 is 33.2 Å². The van der Waals surface area contributed by atoms with Crippen molar-refractivity contribution in [2.45, 2.75) is 22.5 Å². The summed E-state index contributed by atoms with van der Waals surface area (Å²) < 4.78 is 25.7. The van der Waals surface area contributed by atoms with E-state index in [0.29, 0.717) is 16.1 Å². The normalized spacial score (nSPS) is 17.2. The Hall–Kier alpha value is -0.920. The van der Waals surface area contributed by atoms with Gasteiger partial charge in [0, 0.05) is 25.4 Å². The summed E-state index contributed by atoms with van der Waals surface area (Å²) in [5.41, 5.74) is 7.18. The minimum atomic E-state index is -3.43. The van der Waals surface area contributed by atoms with Crippen LogP contribution in [0.25, 0.3) is 0 Å². The molecule has 5 nitrogen and oxygen atoms in total. The van der Waals surface area contributed by atoms with Crippen molar-refractivity contribution in [2.24, 2.45) is 0 Å². The first kappa shape index (κ1) is 15.5. The van der Waals surface area contributed by atoms with Gasteiger partial charge in [-0.05, 0) is 37.3 Å². The molecule has 2 rings (SSSR count). The van der Waals surface area contributed by atoms with Crippen LogP contribution in [0.4, 0.5) is 11.4 Å². The Kier molecular flexibility index (Phi) is 4.22. The van der Waals surface area contributed by atoms with E-state index in [-0.39, 0.29) is 4.90 Å². The molecule has 0 saturated heterocycles. The zero-order valence-corrected chi connectivity index (χ0v) is 13.6. The molecule has 1 aliphatic carbocycles. The van der Waals surface area contributed by atoms with Crippen LogP contribution in [-0.2, 0) is 10.0 Å². The van der Waals surface area contributed by atoms with Crippen molar-refractivity contribution in [3.05, 3.63) is 18.2 Å². The molecule has 7 heteroatoms. The van der Waals surface area contributed by atoms with E-state index in [2.05, 4.69) is 11.6 Å². The van der Waals surface area contributed by atoms with Gasteiger partial charge < -0.3 is 11.1 Å². The number of nitrogens with one attached hydrogen (secondary N) is 1. The molecule has 3 N–H and O–H groups in total. The van der Waals surface area contributed by atoms with Crippen LogP contribution in [0, 0.1) is 0 Å². The van der Waals surface area contributed by atoms with Crippen LogP contribution in [0.1, 0.15) is 12.8 Å². The number of anilines is 2. The maximum absolute atomic E-state index is 12.1. The van der Waals surface area contributed by atoms with E-state index < -0.39 is 10.0 Å². The summed E-state index contributed by atoms with van der Waals surface area (Å²) in [6, 6.07) is 4.79. The van der Waals surface area contributed by atoms with Crippen molar-refractivity contribution < 1.29 is 8.42 Å². The number of nitrogens with two attached hydrogens (primary N) is 1. The minimum absolute atomic E-state index is 0.258. The first-order valence-electron chi connectivity index (χ1n) is 6.42. The number of sulfonamides is 1. The standard InChI is InChI=1S/C13H21N3O2S2/c1-16(2)20(17,18)10-4-5-11(14)12(8-10)15-9-13(19-3)6-7-13/h4-5,8,15H,6-7,9,14H2,1-3H3. The quantitative estimate of drug-likeness (QED) is 0.783. The average molecular weight is 315 g/mol. The van der Waals surface area contributed by atoms with E-state index in [1.54, 1.807) is 12.1 Å². The Labute approximate surface area is 125 Å². The molecule has 0 aliphatic heterocycles. The minimum Gasteiger partial charge on any atom is -0.397 e. The van der Waals surface area contributed by atoms with Gasteiger partial charge in [0.25, 0.3) is 0 Å². The summed E-state index contributed by atoms with van der Waals surface area (Å²) in [6.45, 7) is 0.809. The number of hydrogen-bond donors (Lipinski definition) is 2. The third-order valence-corrected chi connectivity index (χ3v) is 6.87. The highest BCUT2D eigenvalue weighted by molar-refractivity contribution is 8.00. The molecule has 0 unspecified atom stereocenters. The Morgan fingerprint density at radius 2 is 2.05 bits per heavy atom. The van der Waals surface area contributed by atoms with Gasteiger partial charge >= 0.3 is 0 Å². The Balaban J connectivity index is 2.21. The molecule has 1 aromatic carbocycles. The molecule has 112 valence electrons.